The van der Waals surface area contributed by atoms with E-state index < -0.39 is 0 Å². The monoisotopic (exact) mass is 284 g/mol. The number of hydrogen-bond acceptors (Lipinski definition) is 4. The first kappa shape index (κ1) is 10.6. The Balaban J connectivity index is 2.25. The molecule has 0 bridgehead atoms. The highest BCUT2D eigenvalue weighted by Crippen LogP contribution is 2.17. The summed E-state index contributed by atoms with van der Waals surface area (Å²) in [4.78, 5) is 0. The number of rotatable bonds is 4. The van der Waals surface area contributed by atoms with E-state index in [1.807, 2.05) is 30.3 Å². The molecule has 4 nitrogen and oxygen atoms in total. The molecule has 15 heavy (non-hydrogen) atoms. The zero-order valence-electron chi connectivity index (χ0n) is 7.88. The molecule has 1 heterocycles. The second kappa shape index (κ2) is 5.27. The lowest BCUT2D eigenvalue weighted by Crippen LogP contribution is -1.98. The standard InChI is InChI=1S/C9H9BrN4S/c10-6-7-15-9-11-12-13-14(9)8-4-2-1-3-5-8/h1-5H,6-7H2. The van der Waals surface area contributed by atoms with Gasteiger partial charge in [0.15, 0.2) is 0 Å². The third-order valence-corrected chi connectivity index (χ3v) is 3.59. The third kappa shape index (κ3) is 2.57. The van der Waals surface area contributed by atoms with Gasteiger partial charge in [0.1, 0.15) is 0 Å². The van der Waals surface area contributed by atoms with Crippen LogP contribution in [-0.2, 0) is 0 Å². The molecule has 0 aliphatic heterocycles. The molecule has 1 aromatic carbocycles. The molecule has 0 N–H and O–H groups in total. The normalized spacial score (nSPS) is 10.5. The van der Waals surface area contributed by atoms with Crippen molar-refractivity contribution in [3.8, 4) is 5.69 Å². The minimum atomic E-state index is 0.820. The molecule has 0 fully saturated rings. The molecule has 0 radical (unpaired) electrons. The molecule has 0 atom stereocenters. The molecule has 0 spiro atoms. The number of halogens is 1. The van der Waals surface area contributed by atoms with Crippen LogP contribution in [0.1, 0.15) is 0 Å². The molecular weight excluding hydrogens is 276 g/mol. The summed E-state index contributed by atoms with van der Waals surface area (Å²) in [5.41, 5.74) is 0.986. The quantitative estimate of drug-likeness (QED) is 0.637. The van der Waals surface area contributed by atoms with E-state index in [-0.39, 0.29) is 0 Å². The number of aromatic nitrogens is 4. The highest BCUT2D eigenvalue weighted by atomic mass is 79.9. The Morgan fingerprint density at radius 3 is 2.80 bits per heavy atom. The Morgan fingerprint density at radius 2 is 2.07 bits per heavy atom. The summed E-state index contributed by atoms with van der Waals surface area (Å²) in [6, 6.07) is 9.87. The van der Waals surface area contributed by atoms with Crippen LogP contribution in [0.25, 0.3) is 5.69 Å². The summed E-state index contributed by atoms with van der Waals surface area (Å²) < 4.78 is 1.74. The van der Waals surface area contributed by atoms with Crippen molar-refractivity contribution in [3.05, 3.63) is 30.3 Å². The van der Waals surface area contributed by atoms with E-state index in [1.54, 1.807) is 16.4 Å². The number of hydrogen-bond donors (Lipinski definition) is 0. The van der Waals surface area contributed by atoms with Crippen molar-refractivity contribution in [2.75, 3.05) is 11.1 Å². The fourth-order valence-corrected chi connectivity index (χ4v) is 2.23. The molecule has 0 unspecified atom stereocenters. The van der Waals surface area contributed by atoms with E-state index in [0.29, 0.717) is 0 Å². The van der Waals surface area contributed by atoms with Crippen LogP contribution < -0.4 is 0 Å². The lowest BCUT2D eigenvalue weighted by molar-refractivity contribution is 0.756. The van der Waals surface area contributed by atoms with Crippen LogP contribution in [-0.4, -0.2) is 31.3 Å². The van der Waals surface area contributed by atoms with Crippen molar-refractivity contribution < 1.29 is 0 Å². The van der Waals surface area contributed by atoms with Crippen molar-refractivity contribution >= 4 is 27.7 Å². The summed E-state index contributed by atoms with van der Waals surface area (Å²) in [5, 5.41) is 13.4. The van der Waals surface area contributed by atoms with Gasteiger partial charge in [0, 0.05) is 11.1 Å². The van der Waals surface area contributed by atoms with E-state index in [9.17, 15) is 0 Å². The van der Waals surface area contributed by atoms with Crippen molar-refractivity contribution in [1.29, 1.82) is 0 Å². The Kier molecular flexibility index (Phi) is 3.74. The lowest BCUT2D eigenvalue weighted by Gasteiger charge is -2.02. The van der Waals surface area contributed by atoms with E-state index in [4.69, 9.17) is 0 Å². The van der Waals surface area contributed by atoms with Gasteiger partial charge in [0.2, 0.25) is 5.16 Å². The predicted molar refractivity (Wildman–Crippen MR) is 63.7 cm³/mol. The van der Waals surface area contributed by atoms with Gasteiger partial charge in [-0.1, -0.05) is 45.9 Å². The summed E-state index contributed by atoms with van der Waals surface area (Å²) in [5.74, 6) is 0.952. The van der Waals surface area contributed by atoms with E-state index in [0.717, 1.165) is 21.9 Å². The van der Waals surface area contributed by atoms with E-state index in [2.05, 4.69) is 31.5 Å². The second-order valence-corrected chi connectivity index (χ2v) is 4.60. The Labute approximate surface area is 100 Å². The highest BCUT2D eigenvalue weighted by Gasteiger charge is 2.07. The number of nitrogens with zero attached hydrogens (tertiary/aromatic N) is 4. The molecule has 0 amide bonds. The molecule has 78 valence electrons. The maximum atomic E-state index is 3.97. The van der Waals surface area contributed by atoms with Gasteiger partial charge < -0.3 is 0 Å². The second-order valence-electron chi connectivity index (χ2n) is 2.75. The number of benzene rings is 1. The molecule has 2 aromatic rings. The number of alkyl halides is 1. The summed E-state index contributed by atoms with van der Waals surface area (Å²) in [6.45, 7) is 0. The molecule has 1 aromatic heterocycles. The van der Waals surface area contributed by atoms with Crippen LogP contribution in [0.5, 0.6) is 0 Å². The Morgan fingerprint density at radius 1 is 1.27 bits per heavy atom. The van der Waals surface area contributed by atoms with Gasteiger partial charge in [-0.3, -0.25) is 0 Å². The summed E-state index contributed by atoms with van der Waals surface area (Å²) >= 11 is 5.01. The van der Waals surface area contributed by atoms with Crippen LogP contribution in [0.2, 0.25) is 0 Å². The predicted octanol–water partition coefficient (Wildman–Crippen LogP) is 2.15. The Bertz CT molecular complexity index is 417. The van der Waals surface area contributed by atoms with E-state index >= 15 is 0 Å². The largest absolute Gasteiger partial charge is 0.214 e. The minimum Gasteiger partial charge on any atom is -0.188 e. The van der Waals surface area contributed by atoms with Gasteiger partial charge in [-0.05, 0) is 22.6 Å². The molecule has 6 heteroatoms. The van der Waals surface area contributed by atoms with Gasteiger partial charge in [-0.25, -0.2) is 0 Å². The number of thioether (sulfide) groups is 1. The van der Waals surface area contributed by atoms with Crippen LogP contribution in [0, 0.1) is 0 Å². The molecule has 0 saturated carbocycles. The van der Waals surface area contributed by atoms with Gasteiger partial charge in [0.25, 0.3) is 0 Å². The zero-order valence-corrected chi connectivity index (χ0v) is 10.3. The van der Waals surface area contributed by atoms with E-state index in [1.165, 1.54) is 0 Å². The molecular formula is C9H9BrN4S. The van der Waals surface area contributed by atoms with Crippen LogP contribution in [0.4, 0.5) is 0 Å². The topological polar surface area (TPSA) is 43.6 Å². The fraction of sp³-hybridized carbons (Fsp3) is 0.222. The van der Waals surface area contributed by atoms with Gasteiger partial charge in [-0.2, -0.15) is 4.68 Å². The van der Waals surface area contributed by atoms with Crippen LogP contribution in [0.15, 0.2) is 35.5 Å². The number of tetrazole rings is 1. The SMILES string of the molecule is BrCCSc1nnnn1-c1ccccc1. The minimum absolute atomic E-state index is 0.820. The number of para-hydroxylation sites is 1. The molecule has 2 rings (SSSR count). The Hall–Kier alpha value is -0.880. The van der Waals surface area contributed by atoms with Crippen molar-refractivity contribution in [3.63, 3.8) is 0 Å². The maximum absolute atomic E-state index is 3.97. The fourth-order valence-electron chi connectivity index (χ4n) is 1.13. The summed E-state index contributed by atoms with van der Waals surface area (Å²) in [7, 11) is 0. The van der Waals surface area contributed by atoms with Crippen LogP contribution in [0.3, 0.4) is 0 Å². The zero-order chi connectivity index (χ0) is 10.5. The van der Waals surface area contributed by atoms with Crippen molar-refractivity contribution in [2.24, 2.45) is 0 Å². The first-order valence-electron chi connectivity index (χ1n) is 4.44. The van der Waals surface area contributed by atoms with Gasteiger partial charge in [0.05, 0.1) is 5.69 Å². The maximum Gasteiger partial charge on any atom is 0.214 e. The average Bonchev–Trinajstić information content (AvgIpc) is 2.75. The molecule has 0 aliphatic rings. The highest BCUT2D eigenvalue weighted by molar-refractivity contribution is 9.09. The summed E-state index contributed by atoms with van der Waals surface area (Å²) in [6.07, 6.45) is 0. The smallest absolute Gasteiger partial charge is 0.188 e. The van der Waals surface area contributed by atoms with Gasteiger partial charge >= 0.3 is 0 Å². The average molecular weight is 285 g/mol. The van der Waals surface area contributed by atoms with Gasteiger partial charge in [-0.15, -0.1) is 5.10 Å². The third-order valence-electron chi connectivity index (χ3n) is 1.75. The van der Waals surface area contributed by atoms with Crippen molar-refractivity contribution in [1.82, 2.24) is 20.2 Å². The van der Waals surface area contributed by atoms with Crippen molar-refractivity contribution in [2.45, 2.75) is 5.16 Å². The first-order valence-corrected chi connectivity index (χ1v) is 6.55. The van der Waals surface area contributed by atoms with Crippen LogP contribution >= 0.6 is 27.7 Å². The molecule has 0 aliphatic carbocycles. The first-order chi connectivity index (χ1) is 7.42. The lowest BCUT2D eigenvalue weighted by atomic mass is 10.3. The molecule has 0 saturated heterocycles.